The largest absolute Gasteiger partial charge is 0.464 e. The summed E-state index contributed by atoms with van der Waals surface area (Å²) < 4.78 is 7.26. The molecule has 7 heteroatoms. The Hall–Kier alpha value is -2.18. The molecule has 0 aliphatic carbocycles. The molecule has 0 spiro atoms. The third kappa shape index (κ3) is 2.73. The van der Waals surface area contributed by atoms with Crippen LogP contribution in [0.15, 0.2) is 12.4 Å². The summed E-state index contributed by atoms with van der Waals surface area (Å²) >= 11 is 0. The van der Waals surface area contributed by atoms with E-state index in [2.05, 4.69) is 26.9 Å². The zero-order valence-electron chi connectivity index (χ0n) is 10.5. The number of hydrogen-bond acceptors (Lipinski definition) is 6. The van der Waals surface area contributed by atoms with Crippen LogP contribution >= 0.6 is 0 Å². The lowest BCUT2D eigenvalue weighted by Crippen LogP contribution is -2.09. The van der Waals surface area contributed by atoms with Crippen LogP contribution in [0.1, 0.15) is 25.5 Å². The van der Waals surface area contributed by atoms with Gasteiger partial charge in [0.15, 0.2) is 0 Å². The normalized spacial score (nSPS) is 10.6. The summed E-state index contributed by atoms with van der Waals surface area (Å²) in [7, 11) is 0. The van der Waals surface area contributed by atoms with Gasteiger partial charge in [0.1, 0.15) is 11.6 Å². The van der Waals surface area contributed by atoms with Crippen LogP contribution in [0.5, 0.6) is 6.01 Å². The number of aromatic nitrogens is 5. The highest BCUT2D eigenvalue weighted by Crippen LogP contribution is 2.09. The van der Waals surface area contributed by atoms with Crippen molar-refractivity contribution in [1.82, 2.24) is 24.5 Å². The monoisotopic (exact) mass is 248 g/mol. The van der Waals surface area contributed by atoms with E-state index in [9.17, 15) is 0 Å². The molecule has 2 rings (SSSR count). The molecule has 2 aromatic rings. The van der Waals surface area contributed by atoms with Gasteiger partial charge in [0, 0.05) is 18.9 Å². The van der Waals surface area contributed by atoms with Gasteiger partial charge in [-0.1, -0.05) is 0 Å². The fourth-order valence-corrected chi connectivity index (χ4v) is 1.62. The Balaban J connectivity index is 2.23. The summed E-state index contributed by atoms with van der Waals surface area (Å²) in [4.78, 5) is 16.5. The first-order chi connectivity index (χ1) is 8.72. The van der Waals surface area contributed by atoms with Crippen LogP contribution in [-0.4, -0.2) is 31.1 Å². The smallest absolute Gasteiger partial charge is 0.321 e. The Morgan fingerprint density at radius 3 is 2.83 bits per heavy atom. The molecule has 2 heterocycles. The van der Waals surface area contributed by atoms with Crippen LogP contribution in [0.3, 0.4) is 0 Å². The van der Waals surface area contributed by atoms with Crippen LogP contribution in [0.4, 0.5) is 5.95 Å². The van der Waals surface area contributed by atoms with E-state index in [1.165, 1.54) is 0 Å². The number of ether oxygens (including phenoxy) is 1. The number of rotatable bonds is 5. The second kappa shape index (κ2) is 5.44. The second-order valence-electron chi connectivity index (χ2n) is 3.63. The van der Waals surface area contributed by atoms with Crippen molar-refractivity contribution in [2.45, 2.75) is 26.8 Å². The fourth-order valence-electron chi connectivity index (χ4n) is 1.62. The van der Waals surface area contributed by atoms with Gasteiger partial charge in [0.2, 0.25) is 5.95 Å². The van der Waals surface area contributed by atoms with Crippen LogP contribution < -0.4 is 10.5 Å². The van der Waals surface area contributed by atoms with Crippen LogP contribution in [0, 0.1) is 0 Å². The first kappa shape index (κ1) is 12.3. The molecular weight excluding hydrogens is 232 g/mol. The summed E-state index contributed by atoms with van der Waals surface area (Å²) in [5.41, 5.74) is 5.62. The van der Waals surface area contributed by atoms with Gasteiger partial charge < -0.3 is 15.0 Å². The maximum Gasteiger partial charge on any atom is 0.321 e. The Bertz CT molecular complexity index is 524. The van der Waals surface area contributed by atoms with E-state index < -0.39 is 0 Å². The van der Waals surface area contributed by atoms with Crippen LogP contribution in [-0.2, 0) is 13.0 Å². The minimum Gasteiger partial charge on any atom is -0.464 e. The van der Waals surface area contributed by atoms with Crippen molar-refractivity contribution >= 4 is 5.95 Å². The van der Waals surface area contributed by atoms with Crippen molar-refractivity contribution in [2.75, 3.05) is 12.3 Å². The zero-order chi connectivity index (χ0) is 13.0. The lowest BCUT2D eigenvalue weighted by molar-refractivity contribution is 0.310. The highest BCUT2D eigenvalue weighted by Gasteiger charge is 2.09. The maximum absolute atomic E-state index is 5.62. The predicted octanol–water partition coefficient (Wildman–Crippen LogP) is 0.660. The number of anilines is 1. The lowest BCUT2D eigenvalue weighted by atomic mass is 10.4. The van der Waals surface area contributed by atoms with E-state index in [1.807, 2.05) is 17.7 Å². The number of nitrogen functional groups attached to an aromatic ring is 1. The molecule has 0 radical (unpaired) electrons. The molecule has 0 fully saturated rings. The Morgan fingerprint density at radius 2 is 2.11 bits per heavy atom. The van der Waals surface area contributed by atoms with Gasteiger partial charge in [-0.05, 0) is 13.8 Å². The summed E-state index contributed by atoms with van der Waals surface area (Å²) in [6, 6.07) is 0.259. The third-order valence-electron chi connectivity index (χ3n) is 2.41. The first-order valence-electron chi connectivity index (χ1n) is 5.86. The molecule has 0 atom stereocenters. The maximum atomic E-state index is 5.62. The highest BCUT2D eigenvalue weighted by atomic mass is 16.5. The van der Waals surface area contributed by atoms with Gasteiger partial charge in [0.25, 0.3) is 0 Å². The van der Waals surface area contributed by atoms with Gasteiger partial charge in [-0.2, -0.15) is 15.0 Å². The van der Waals surface area contributed by atoms with Gasteiger partial charge in [-0.15, -0.1) is 0 Å². The highest BCUT2D eigenvalue weighted by molar-refractivity contribution is 5.19. The number of aryl methyl sites for hydroxylation is 1. The molecule has 0 unspecified atom stereocenters. The van der Waals surface area contributed by atoms with Gasteiger partial charge in [-0.25, -0.2) is 4.98 Å². The Labute approximate surface area is 105 Å². The minimum absolute atomic E-state index is 0.165. The molecule has 0 amide bonds. The standard InChI is InChI=1S/C11H16N6O/c1-3-17-6-5-13-9(17)7-8-14-10(12)16-11(15-8)18-4-2/h5-6H,3-4,7H2,1-2H3,(H2,12,14,15,16). The molecule has 18 heavy (non-hydrogen) atoms. The first-order valence-corrected chi connectivity index (χ1v) is 5.86. The number of nitrogens with zero attached hydrogens (tertiary/aromatic N) is 5. The molecule has 0 aliphatic heterocycles. The molecule has 0 bridgehead atoms. The van der Waals surface area contributed by atoms with Crippen molar-refractivity contribution in [2.24, 2.45) is 0 Å². The quantitative estimate of drug-likeness (QED) is 0.835. The lowest BCUT2D eigenvalue weighted by Gasteiger charge is -2.06. The van der Waals surface area contributed by atoms with Crippen LogP contribution in [0.2, 0.25) is 0 Å². The molecule has 0 saturated heterocycles. The molecule has 2 N–H and O–H groups in total. The molecule has 96 valence electrons. The topological polar surface area (TPSA) is 91.7 Å². The minimum atomic E-state index is 0.165. The van der Waals surface area contributed by atoms with E-state index in [0.29, 0.717) is 18.9 Å². The summed E-state index contributed by atoms with van der Waals surface area (Å²) in [5.74, 6) is 1.62. The average Bonchev–Trinajstić information content (AvgIpc) is 2.76. The summed E-state index contributed by atoms with van der Waals surface area (Å²) in [5, 5.41) is 0. The number of hydrogen-bond donors (Lipinski definition) is 1. The summed E-state index contributed by atoms with van der Waals surface area (Å²) in [6.45, 7) is 5.27. The molecule has 0 aliphatic rings. The van der Waals surface area contributed by atoms with Crippen LogP contribution in [0.25, 0.3) is 0 Å². The molecule has 7 nitrogen and oxygen atoms in total. The van der Waals surface area contributed by atoms with E-state index in [4.69, 9.17) is 10.5 Å². The van der Waals surface area contributed by atoms with E-state index >= 15 is 0 Å². The van der Waals surface area contributed by atoms with Crippen molar-refractivity contribution in [3.05, 3.63) is 24.0 Å². The van der Waals surface area contributed by atoms with Crippen molar-refractivity contribution in [3.63, 3.8) is 0 Å². The van der Waals surface area contributed by atoms with E-state index in [0.717, 1.165) is 12.4 Å². The number of imidazole rings is 1. The van der Waals surface area contributed by atoms with E-state index in [1.54, 1.807) is 6.20 Å². The SMILES string of the molecule is CCOc1nc(N)nc(Cc2nccn2CC)n1. The zero-order valence-corrected chi connectivity index (χ0v) is 10.5. The third-order valence-corrected chi connectivity index (χ3v) is 2.41. The number of nitrogens with two attached hydrogens (primary N) is 1. The fraction of sp³-hybridized carbons (Fsp3) is 0.455. The Morgan fingerprint density at radius 1 is 1.28 bits per heavy atom. The average molecular weight is 248 g/mol. The second-order valence-corrected chi connectivity index (χ2v) is 3.63. The van der Waals surface area contributed by atoms with Crippen molar-refractivity contribution in [3.8, 4) is 6.01 Å². The molecular formula is C11H16N6O. The van der Waals surface area contributed by atoms with Gasteiger partial charge in [-0.3, -0.25) is 0 Å². The predicted molar refractivity (Wildman–Crippen MR) is 66.1 cm³/mol. The van der Waals surface area contributed by atoms with Gasteiger partial charge >= 0.3 is 6.01 Å². The Kier molecular flexibility index (Phi) is 3.71. The van der Waals surface area contributed by atoms with Crippen molar-refractivity contribution < 1.29 is 4.74 Å². The molecule has 0 saturated carbocycles. The van der Waals surface area contributed by atoms with Gasteiger partial charge in [0.05, 0.1) is 13.0 Å². The van der Waals surface area contributed by atoms with E-state index in [-0.39, 0.29) is 12.0 Å². The van der Waals surface area contributed by atoms with Crippen molar-refractivity contribution in [1.29, 1.82) is 0 Å². The summed E-state index contributed by atoms with van der Waals surface area (Å²) in [6.07, 6.45) is 4.18. The molecule has 0 aromatic carbocycles. The molecule has 2 aromatic heterocycles.